The Morgan fingerprint density at radius 3 is 1.93 bits per heavy atom. The predicted octanol–water partition coefficient (Wildman–Crippen LogP) is 7.60. The Labute approximate surface area is 188 Å². The molecular weight excluding hydrogens is 408 g/mol. The summed E-state index contributed by atoms with van der Waals surface area (Å²) in [5.74, 6) is 0. The van der Waals surface area contributed by atoms with Gasteiger partial charge in [-0.15, -0.1) is 11.8 Å². The maximum absolute atomic E-state index is 13.8. The van der Waals surface area contributed by atoms with Crippen molar-refractivity contribution >= 4 is 21.6 Å². The van der Waals surface area contributed by atoms with E-state index in [1.165, 1.54) is 50.3 Å². The molecule has 1 atom stereocenters. The molecule has 0 spiro atoms. The summed E-state index contributed by atoms with van der Waals surface area (Å²) in [6.07, 6.45) is 12.9. The standard InChI is InChI=1S/C26H38O2S2/c1-4-5-6-7-8-9-10-14-21-26(29-3,22-24-15-12-11-13-16-24)30(27,28)25-19-17-23(2)18-20-25/h11-13,15-20H,4-10,14,21-22H2,1-3H3. The van der Waals surface area contributed by atoms with Gasteiger partial charge < -0.3 is 0 Å². The van der Waals surface area contributed by atoms with Crippen molar-refractivity contribution in [2.24, 2.45) is 0 Å². The van der Waals surface area contributed by atoms with E-state index in [0.29, 0.717) is 17.7 Å². The molecule has 0 saturated heterocycles. The molecule has 0 heterocycles. The third kappa shape index (κ3) is 6.88. The highest BCUT2D eigenvalue weighted by Gasteiger charge is 2.43. The Kier molecular flexibility index (Phi) is 10.5. The van der Waals surface area contributed by atoms with E-state index in [2.05, 4.69) is 6.92 Å². The molecule has 0 radical (unpaired) electrons. The topological polar surface area (TPSA) is 34.1 Å². The first kappa shape index (κ1) is 25.0. The van der Waals surface area contributed by atoms with Crippen molar-refractivity contribution in [1.29, 1.82) is 0 Å². The predicted molar refractivity (Wildman–Crippen MR) is 132 cm³/mol. The van der Waals surface area contributed by atoms with E-state index in [0.717, 1.165) is 24.0 Å². The van der Waals surface area contributed by atoms with E-state index in [4.69, 9.17) is 0 Å². The number of hydrogen-bond acceptors (Lipinski definition) is 3. The van der Waals surface area contributed by atoms with Crippen molar-refractivity contribution in [3.8, 4) is 0 Å². The summed E-state index contributed by atoms with van der Waals surface area (Å²) in [5.41, 5.74) is 2.16. The molecule has 166 valence electrons. The van der Waals surface area contributed by atoms with Crippen molar-refractivity contribution in [2.45, 2.75) is 87.0 Å². The van der Waals surface area contributed by atoms with Gasteiger partial charge in [-0.1, -0.05) is 106 Å². The van der Waals surface area contributed by atoms with Crippen molar-refractivity contribution < 1.29 is 8.42 Å². The molecule has 0 fully saturated rings. The zero-order valence-corrected chi connectivity index (χ0v) is 20.5. The number of rotatable bonds is 14. The molecule has 0 N–H and O–H groups in total. The molecule has 1 unspecified atom stereocenters. The highest BCUT2D eigenvalue weighted by Crippen LogP contribution is 2.42. The van der Waals surface area contributed by atoms with Crippen LogP contribution in [0.2, 0.25) is 0 Å². The van der Waals surface area contributed by atoms with Crippen LogP contribution in [0.1, 0.15) is 75.8 Å². The minimum atomic E-state index is -3.47. The summed E-state index contributed by atoms with van der Waals surface area (Å²) in [6.45, 7) is 4.23. The molecule has 2 nitrogen and oxygen atoms in total. The van der Waals surface area contributed by atoms with Gasteiger partial charge in [-0.3, -0.25) is 0 Å². The molecule has 0 aliphatic heterocycles. The number of hydrogen-bond donors (Lipinski definition) is 0. The third-order valence-corrected chi connectivity index (χ3v) is 10.4. The van der Waals surface area contributed by atoms with Crippen LogP contribution >= 0.6 is 11.8 Å². The van der Waals surface area contributed by atoms with Gasteiger partial charge in [0.15, 0.2) is 9.84 Å². The van der Waals surface area contributed by atoms with Crippen LogP contribution in [0.3, 0.4) is 0 Å². The number of unbranched alkanes of at least 4 members (excludes halogenated alkanes) is 7. The first-order valence-corrected chi connectivity index (χ1v) is 14.1. The Bertz CT molecular complexity index is 829. The van der Waals surface area contributed by atoms with Crippen molar-refractivity contribution in [1.82, 2.24) is 0 Å². The monoisotopic (exact) mass is 446 g/mol. The summed E-state index contributed by atoms with van der Waals surface area (Å²) < 4.78 is 26.8. The van der Waals surface area contributed by atoms with Crippen LogP contribution in [0.5, 0.6) is 0 Å². The van der Waals surface area contributed by atoms with Crippen molar-refractivity contribution in [3.63, 3.8) is 0 Å². The lowest BCUT2D eigenvalue weighted by Crippen LogP contribution is -2.37. The Morgan fingerprint density at radius 1 is 0.800 bits per heavy atom. The van der Waals surface area contributed by atoms with Crippen molar-refractivity contribution in [3.05, 3.63) is 65.7 Å². The molecule has 0 saturated carbocycles. The van der Waals surface area contributed by atoms with E-state index >= 15 is 0 Å². The van der Waals surface area contributed by atoms with Crippen LogP contribution in [0.25, 0.3) is 0 Å². The van der Waals surface area contributed by atoms with Crippen LogP contribution in [0.4, 0.5) is 0 Å². The van der Waals surface area contributed by atoms with Gasteiger partial charge in [0.2, 0.25) is 0 Å². The molecule has 0 amide bonds. The Morgan fingerprint density at radius 2 is 1.37 bits per heavy atom. The summed E-state index contributed by atoms with van der Waals surface area (Å²) in [7, 11) is -3.47. The SMILES string of the molecule is CCCCCCCCCCC(Cc1ccccc1)(SC)S(=O)(=O)c1ccc(C)cc1. The summed E-state index contributed by atoms with van der Waals surface area (Å²) in [5, 5.41) is 0. The van der Waals surface area contributed by atoms with Gasteiger partial charge in [0.25, 0.3) is 0 Å². The number of benzene rings is 2. The van der Waals surface area contributed by atoms with Gasteiger partial charge in [-0.05, 0) is 37.3 Å². The molecule has 0 aliphatic rings. The van der Waals surface area contributed by atoms with E-state index in [-0.39, 0.29) is 0 Å². The maximum Gasteiger partial charge on any atom is 0.193 e. The average molecular weight is 447 g/mol. The van der Waals surface area contributed by atoms with Crippen LogP contribution in [0.15, 0.2) is 59.5 Å². The Balaban J connectivity index is 2.16. The fourth-order valence-electron chi connectivity index (χ4n) is 3.97. The Hall–Kier alpha value is -1.26. The number of sulfone groups is 1. The van der Waals surface area contributed by atoms with Gasteiger partial charge >= 0.3 is 0 Å². The van der Waals surface area contributed by atoms with Crippen molar-refractivity contribution in [2.75, 3.05) is 6.26 Å². The minimum Gasteiger partial charge on any atom is -0.222 e. The van der Waals surface area contributed by atoms with Crippen LogP contribution in [-0.4, -0.2) is 18.8 Å². The van der Waals surface area contributed by atoms with E-state index in [1.54, 1.807) is 12.1 Å². The second-order valence-electron chi connectivity index (χ2n) is 8.32. The first-order valence-electron chi connectivity index (χ1n) is 11.4. The summed E-state index contributed by atoms with van der Waals surface area (Å²) >= 11 is 1.51. The fraction of sp³-hybridized carbons (Fsp3) is 0.538. The smallest absolute Gasteiger partial charge is 0.193 e. The van der Waals surface area contributed by atoms with Gasteiger partial charge in [-0.2, -0.15) is 0 Å². The summed E-state index contributed by atoms with van der Waals surface area (Å²) in [6, 6.07) is 17.4. The lowest BCUT2D eigenvalue weighted by molar-refractivity contribution is 0.523. The maximum atomic E-state index is 13.8. The lowest BCUT2D eigenvalue weighted by atomic mass is 10.0. The fourth-order valence-corrected chi connectivity index (χ4v) is 7.49. The zero-order chi connectivity index (χ0) is 21.9. The molecular formula is C26H38O2S2. The zero-order valence-electron chi connectivity index (χ0n) is 18.9. The van der Waals surface area contributed by atoms with E-state index < -0.39 is 13.9 Å². The quantitative estimate of drug-likeness (QED) is 0.280. The van der Waals surface area contributed by atoms with E-state index in [1.807, 2.05) is 55.6 Å². The highest BCUT2D eigenvalue weighted by atomic mass is 32.3. The van der Waals surface area contributed by atoms with Gasteiger partial charge in [-0.25, -0.2) is 8.42 Å². The first-order chi connectivity index (χ1) is 14.4. The molecule has 0 bridgehead atoms. The highest BCUT2D eigenvalue weighted by molar-refractivity contribution is 8.14. The number of aryl methyl sites for hydroxylation is 1. The van der Waals surface area contributed by atoms with Gasteiger partial charge in [0, 0.05) is 6.42 Å². The molecule has 2 rings (SSSR count). The lowest BCUT2D eigenvalue weighted by Gasteiger charge is -2.32. The van der Waals surface area contributed by atoms with Crippen LogP contribution < -0.4 is 0 Å². The minimum absolute atomic E-state index is 0.443. The molecule has 30 heavy (non-hydrogen) atoms. The molecule has 0 aliphatic carbocycles. The van der Waals surface area contributed by atoms with E-state index in [9.17, 15) is 8.42 Å². The third-order valence-electron chi connectivity index (χ3n) is 5.92. The second kappa shape index (κ2) is 12.6. The number of thioether (sulfide) groups is 1. The second-order valence-corrected chi connectivity index (χ2v) is 12.0. The molecule has 4 heteroatoms. The average Bonchev–Trinajstić information content (AvgIpc) is 2.75. The summed E-state index contributed by atoms with van der Waals surface area (Å²) in [4.78, 5) is 0.443. The van der Waals surface area contributed by atoms with Gasteiger partial charge in [0.1, 0.15) is 4.08 Å². The van der Waals surface area contributed by atoms with Gasteiger partial charge in [0.05, 0.1) is 4.90 Å². The largest absolute Gasteiger partial charge is 0.222 e. The normalized spacial score (nSPS) is 13.8. The van der Waals surface area contributed by atoms with Crippen LogP contribution in [-0.2, 0) is 16.3 Å². The van der Waals surface area contributed by atoms with Crippen LogP contribution in [0, 0.1) is 6.92 Å². The molecule has 0 aromatic heterocycles. The molecule has 2 aromatic carbocycles. The molecule has 2 aromatic rings.